The average Bonchev–Trinajstić information content (AvgIpc) is 2.71. The van der Waals surface area contributed by atoms with Gasteiger partial charge in [0.05, 0.1) is 17.2 Å². The Labute approximate surface area is 204 Å². The first-order valence-electron chi connectivity index (χ1n) is 10.5. The molecule has 33 heavy (non-hydrogen) atoms. The van der Waals surface area contributed by atoms with Crippen LogP contribution in [0.5, 0.6) is 11.5 Å². The maximum Gasteiger partial charge on any atom is 3.00 e. The van der Waals surface area contributed by atoms with E-state index in [0.29, 0.717) is 11.1 Å². The smallest absolute Gasteiger partial charge is 0.872 e. The van der Waals surface area contributed by atoms with Crippen molar-refractivity contribution in [3.63, 3.8) is 0 Å². The van der Waals surface area contributed by atoms with Gasteiger partial charge in [-0.15, -0.1) is 0 Å². The molecule has 0 radical (unpaired) electrons. The maximum atomic E-state index is 12.3. The minimum absolute atomic E-state index is 0. The van der Waals surface area contributed by atoms with Crippen LogP contribution < -0.4 is 10.2 Å². The van der Waals surface area contributed by atoms with Crippen LogP contribution in [0.15, 0.2) is 34.3 Å². The van der Waals surface area contributed by atoms with Gasteiger partial charge < -0.3 is 25.5 Å². The summed E-state index contributed by atoms with van der Waals surface area (Å²) in [4.78, 5) is 17.7. The Morgan fingerprint density at radius 2 is 1.12 bits per heavy atom. The van der Waals surface area contributed by atoms with Gasteiger partial charge in [0.25, 0.3) is 0 Å². The van der Waals surface area contributed by atoms with Crippen molar-refractivity contribution in [1.82, 2.24) is 0 Å². The summed E-state index contributed by atoms with van der Waals surface area (Å²) in [7, 11) is 0. The largest absolute Gasteiger partial charge is 3.00 e. The van der Waals surface area contributed by atoms with E-state index in [2.05, 4.69) is 0 Å². The predicted molar refractivity (Wildman–Crippen MR) is 122 cm³/mol. The second-order valence-corrected chi connectivity index (χ2v) is 8.20. The molecule has 8 nitrogen and oxygen atoms in total. The average molecular weight is 497 g/mol. The third kappa shape index (κ3) is 8.51. The Hall–Kier alpha value is -2.91. The Kier molecular flexibility index (Phi) is 11.0. The molecule has 0 unspecified atom stereocenters. The fourth-order valence-electron chi connectivity index (χ4n) is 3.96. The SMILES string of the molecule is Cc1cc(C)c([O-])c(C=N[C@@H]2CCCC[C@H]2N=Cc2cc(C)cc(C)c2[O-])c1.O=[N+]([O-])[O-].[Co+3]. The van der Waals surface area contributed by atoms with Gasteiger partial charge in [-0.05, 0) is 51.7 Å². The number of aliphatic imine (C=N–C) groups is 2. The van der Waals surface area contributed by atoms with E-state index in [4.69, 9.17) is 25.3 Å². The molecule has 1 saturated carbocycles. The molecule has 0 amide bonds. The summed E-state index contributed by atoms with van der Waals surface area (Å²) in [5.74, 6) is 0.0767. The van der Waals surface area contributed by atoms with Gasteiger partial charge in [0, 0.05) is 12.4 Å². The van der Waals surface area contributed by atoms with Crippen LogP contribution in [0.3, 0.4) is 0 Å². The van der Waals surface area contributed by atoms with Crippen molar-refractivity contribution in [2.45, 2.75) is 65.5 Å². The van der Waals surface area contributed by atoms with Crippen molar-refractivity contribution in [3.05, 3.63) is 73.0 Å². The number of nitrogens with zero attached hydrogens (tertiary/aromatic N) is 3. The number of aryl methyl sites for hydroxylation is 4. The Bertz CT molecular complexity index is 944. The first-order valence-corrected chi connectivity index (χ1v) is 10.5. The molecule has 2 aromatic carbocycles. The molecular weight excluding hydrogens is 469 g/mol. The molecule has 0 saturated heterocycles. The van der Waals surface area contributed by atoms with Gasteiger partial charge in [-0.1, -0.05) is 70.9 Å². The van der Waals surface area contributed by atoms with E-state index in [1.54, 1.807) is 12.4 Å². The second-order valence-electron chi connectivity index (χ2n) is 8.20. The summed E-state index contributed by atoms with van der Waals surface area (Å²) in [6, 6.07) is 7.67. The van der Waals surface area contributed by atoms with Crippen molar-refractivity contribution in [1.29, 1.82) is 0 Å². The molecule has 1 fully saturated rings. The molecule has 0 aromatic heterocycles. The van der Waals surface area contributed by atoms with Crippen LogP contribution in [0.25, 0.3) is 0 Å². The van der Waals surface area contributed by atoms with Crippen molar-refractivity contribution >= 4 is 12.4 Å². The van der Waals surface area contributed by atoms with Gasteiger partial charge in [-0.25, -0.2) is 0 Å². The van der Waals surface area contributed by atoms with Crippen molar-refractivity contribution in [3.8, 4) is 11.5 Å². The molecule has 2 aromatic rings. The molecule has 9 heteroatoms. The number of rotatable bonds is 4. The summed E-state index contributed by atoms with van der Waals surface area (Å²) < 4.78 is 0. The zero-order chi connectivity index (χ0) is 23.8. The van der Waals surface area contributed by atoms with Crippen LogP contribution in [0.2, 0.25) is 0 Å². The topological polar surface area (TPSA) is 137 Å². The predicted octanol–water partition coefficient (Wildman–Crippen LogP) is 3.68. The van der Waals surface area contributed by atoms with E-state index >= 15 is 0 Å². The van der Waals surface area contributed by atoms with Crippen LogP contribution in [0.4, 0.5) is 0 Å². The molecule has 0 bridgehead atoms. The van der Waals surface area contributed by atoms with Gasteiger partial charge in [0.15, 0.2) is 0 Å². The summed E-state index contributed by atoms with van der Waals surface area (Å²) in [5, 5.41) is 39.4. The van der Waals surface area contributed by atoms with E-state index < -0.39 is 5.09 Å². The zero-order valence-electron chi connectivity index (χ0n) is 19.2. The third-order valence-electron chi connectivity index (χ3n) is 5.40. The summed E-state index contributed by atoms with van der Waals surface area (Å²) in [6.07, 6.45) is 7.57. The fraction of sp³-hybridized carbons (Fsp3) is 0.417. The van der Waals surface area contributed by atoms with Crippen molar-refractivity contribution in [2.75, 3.05) is 0 Å². The summed E-state index contributed by atoms with van der Waals surface area (Å²) >= 11 is 0. The van der Waals surface area contributed by atoms with E-state index in [9.17, 15) is 10.2 Å². The number of hydrogen-bond donors (Lipinski definition) is 0. The third-order valence-corrected chi connectivity index (χ3v) is 5.40. The monoisotopic (exact) mass is 497 g/mol. The molecule has 178 valence electrons. The number of benzene rings is 2. The Morgan fingerprint density at radius 1 is 0.788 bits per heavy atom. The normalized spacial score (nSPS) is 17.9. The molecule has 1 aliphatic carbocycles. The quantitative estimate of drug-likeness (QED) is 0.361. The minimum Gasteiger partial charge on any atom is -0.872 e. The molecule has 1 aliphatic rings. The zero-order valence-corrected chi connectivity index (χ0v) is 20.2. The molecule has 0 N–H and O–H groups in total. The molecule has 0 aliphatic heterocycles. The standard InChI is InChI=1S/C24H30N2O2.Co.NO3/c1-15-9-17(3)23(27)19(11-15)13-25-21-7-5-6-8-22(21)26-14-20-12-16(2)10-18(4)24(20)28;;2-1(3)4/h9-14,21-22,27-28H,5-8H2,1-4H3;;/q;+3;-1/p-2/t21-,22-;;/m1../s1. The maximum absolute atomic E-state index is 12.3. The van der Waals surface area contributed by atoms with Gasteiger partial charge in [0.2, 0.25) is 0 Å². The number of hydrogen-bond acceptors (Lipinski definition) is 7. The van der Waals surface area contributed by atoms with Crippen LogP contribution in [0.1, 0.15) is 59.1 Å². The molecule has 0 spiro atoms. The van der Waals surface area contributed by atoms with Gasteiger partial charge in [-0.3, -0.25) is 9.98 Å². The van der Waals surface area contributed by atoms with Gasteiger partial charge in [-0.2, -0.15) is 0 Å². The van der Waals surface area contributed by atoms with Gasteiger partial charge in [0.1, 0.15) is 0 Å². The van der Waals surface area contributed by atoms with Crippen molar-refractivity contribution < 1.29 is 32.1 Å². The summed E-state index contributed by atoms with van der Waals surface area (Å²) in [5.41, 5.74) is 4.91. The second kappa shape index (κ2) is 13.0. The molecule has 0 heterocycles. The Balaban J connectivity index is 0.00000101. The fourth-order valence-corrected chi connectivity index (χ4v) is 3.96. The van der Waals surface area contributed by atoms with E-state index in [1.807, 2.05) is 52.0 Å². The van der Waals surface area contributed by atoms with Gasteiger partial charge >= 0.3 is 16.8 Å². The van der Waals surface area contributed by atoms with Crippen LogP contribution in [-0.2, 0) is 16.8 Å². The molecule has 3 rings (SSSR count). The first-order chi connectivity index (χ1) is 15.1. The van der Waals surface area contributed by atoms with Crippen LogP contribution >= 0.6 is 0 Å². The Morgan fingerprint density at radius 3 is 1.45 bits per heavy atom. The van der Waals surface area contributed by atoms with Crippen LogP contribution in [-0.4, -0.2) is 29.6 Å². The molecular formula is C24H28CoN3O5. The van der Waals surface area contributed by atoms with E-state index in [0.717, 1.165) is 47.9 Å². The van der Waals surface area contributed by atoms with Crippen molar-refractivity contribution in [2.24, 2.45) is 9.98 Å². The van der Waals surface area contributed by atoms with E-state index in [-0.39, 0.29) is 40.4 Å². The minimum atomic E-state index is -1.75. The van der Waals surface area contributed by atoms with Crippen LogP contribution in [0, 0.1) is 43.0 Å². The molecule has 2 atom stereocenters. The first kappa shape index (κ1) is 28.1. The van der Waals surface area contributed by atoms with E-state index in [1.165, 1.54) is 0 Å². The summed E-state index contributed by atoms with van der Waals surface area (Å²) in [6.45, 7) is 7.65.